The van der Waals surface area contributed by atoms with Gasteiger partial charge in [-0.15, -0.1) is 0 Å². The van der Waals surface area contributed by atoms with Gasteiger partial charge in [0.15, 0.2) is 6.20 Å². The molecule has 0 fully saturated rings. The van der Waals surface area contributed by atoms with E-state index in [0.29, 0.717) is 33.1 Å². The fourth-order valence-corrected chi connectivity index (χ4v) is 2.95. The van der Waals surface area contributed by atoms with Crippen LogP contribution in [-0.4, -0.2) is 23.0 Å². The lowest BCUT2D eigenvalue weighted by molar-refractivity contribution is -0.645. The molecule has 0 aliphatic carbocycles. The Morgan fingerprint density at radius 3 is 2.96 bits per heavy atom. The van der Waals surface area contributed by atoms with Gasteiger partial charge in [0.2, 0.25) is 0 Å². The van der Waals surface area contributed by atoms with Crippen LogP contribution in [0.1, 0.15) is 16.2 Å². The minimum Gasteiger partial charge on any atom is -0.618 e. The maximum atomic E-state index is 12.1. The van der Waals surface area contributed by atoms with Crippen molar-refractivity contribution in [3.05, 3.63) is 69.5 Å². The van der Waals surface area contributed by atoms with Crippen molar-refractivity contribution in [2.45, 2.75) is 10.8 Å². The first-order valence-corrected chi connectivity index (χ1v) is 7.99. The average Bonchev–Trinajstić information content (AvgIpc) is 2.60. The first-order valence-electron chi connectivity index (χ1n) is 7.01. The summed E-state index contributed by atoms with van der Waals surface area (Å²) in [5, 5.41) is 12.5. The molecular formula is C16H13N3O4S. The Morgan fingerprint density at radius 1 is 1.38 bits per heavy atom. The normalized spacial score (nSPS) is 10.7. The molecule has 7 nitrogen and oxygen atoms in total. The highest BCUT2D eigenvalue weighted by Crippen LogP contribution is 2.18. The Kier molecular flexibility index (Phi) is 4.48. The van der Waals surface area contributed by atoms with Gasteiger partial charge in [-0.1, -0.05) is 0 Å². The largest absolute Gasteiger partial charge is 0.618 e. The molecule has 0 unspecified atom stereocenters. The summed E-state index contributed by atoms with van der Waals surface area (Å²) >= 11 is 1.26. The van der Waals surface area contributed by atoms with Crippen molar-refractivity contribution < 1.29 is 14.3 Å². The number of benzene rings is 1. The molecular weight excluding hydrogens is 330 g/mol. The number of pyridine rings is 1. The Balaban J connectivity index is 1.92. The van der Waals surface area contributed by atoms with E-state index in [-0.39, 0.29) is 5.56 Å². The van der Waals surface area contributed by atoms with Crippen LogP contribution in [0.25, 0.3) is 10.9 Å². The van der Waals surface area contributed by atoms with Gasteiger partial charge in [-0.25, -0.2) is 9.78 Å². The number of hydrogen-bond donors (Lipinski definition) is 1. The van der Waals surface area contributed by atoms with Crippen molar-refractivity contribution in [1.82, 2.24) is 9.97 Å². The van der Waals surface area contributed by atoms with E-state index in [1.807, 2.05) is 0 Å². The van der Waals surface area contributed by atoms with Crippen LogP contribution in [0.2, 0.25) is 0 Å². The number of nitrogens with one attached hydrogen (secondary N) is 1. The van der Waals surface area contributed by atoms with E-state index in [1.165, 1.54) is 43.3 Å². The second-order valence-corrected chi connectivity index (χ2v) is 5.89. The van der Waals surface area contributed by atoms with Gasteiger partial charge in [0.05, 0.1) is 29.3 Å². The smallest absolute Gasteiger partial charge is 0.337 e. The summed E-state index contributed by atoms with van der Waals surface area (Å²) in [4.78, 5) is 30.8. The summed E-state index contributed by atoms with van der Waals surface area (Å²) in [6.45, 7) is 0. The van der Waals surface area contributed by atoms with E-state index in [0.717, 1.165) is 4.73 Å². The average molecular weight is 343 g/mol. The van der Waals surface area contributed by atoms with Gasteiger partial charge in [-0.05, 0) is 36.0 Å². The van der Waals surface area contributed by atoms with E-state index in [2.05, 4.69) is 14.7 Å². The highest BCUT2D eigenvalue weighted by molar-refractivity contribution is 7.98. The number of esters is 1. The number of fused-ring (bicyclic) bond motifs is 1. The lowest BCUT2D eigenvalue weighted by Crippen LogP contribution is -2.27. The minimum atomic E-state index is -0.494. The summed E-state index contributed by atoms with van der Waals surface area (Å²) < 4.78 is 5.42. The number of carbonyl (C=O) groups is 1. The summed E-state index contributed by atoms with van der Waals surface area (Å²) in [7, 11) is 1.29. The molecule has 8 heteroatoms. The summed E-state index contributed by atoms with van der Waals surface area (Å²) in [6, 6.07) is 9.65. The summed E-state index contributed by atoms with van der Waals surface area (Å²) in [6.07, 6.45) is 1.40. The Bertz CT molecular complexity index is 971. The lowest BCUT2D eigenvalue weighted by atomic mass is 10.1. The van der Waals surface area contributed by atoms with Gasteiger partial charge in [0, 0.05) is 12.1 Å². The van der Waals surface area contributed by atoms with E-state index >= 15 is 0 Å². The molecule has 0 radical (unpaired) electrons. The molecule has 0 aliphatic heterocycles. The van der Waals surface area contributed by atoms with Crippen LogP contribution in [0.3, 0.4) is 0 Å². The summed E-state index contributed by atoms with van der Waals surface area (Å²) in [5.74, 6) is 0.245. The molecule has 24 heavy (non-hydrogen) atoms. The number of aromatic nitrogens is 3. The molecule has 3 aromatic rings. The van der Waals surface area contributed by atoms with Crippen molar-refractivity contribution >= 4 is 28.6 Å². The van der Waals surface area contributed by atoms with Gasteiger partial charge in [-0.3, -0.25) is 4.79 Å². The van der Waals surface area contributed by atoms with Crippen molar-refractivity contribution in [3.63, 3.8) is 0 Å². The summed E-state index contributed by atoms with van der Waals surface area (Å²) in [5.41, 5.74) is 0.428. The zero-order valence-corrected chi connectivity index (χ0v) is 13.5. The quantitative estimate of drug-likeness (QED) is 0.335. The van der Waals surface area contributed by atoms with Crippen molar-refractivity contribution in [1.29, 1.82) is 0 Å². The number of rotatable bonds is 4. The number of methoxy groups -OCH3 is 1. The first-order chi connectivity index (χ1) is 11.6. The molecule has 0 bridgehead atoms. The molecule has 0 amide bonds. The molecule has 0 aliphatic rings. The highest BCUT2D eigenvalue weighted by atomic mass is 32.2. The molecule has 0 spiro atoms. The molecule has 2 aromatic heterocycles. The molecule has 3 rings (SSSR count). The number of H-pyrrole nitrogens is 1. The maximum Gasteiger partial charge on any atom is 0.337 e. The number of carbonyl (C=O) groups excluding carboxylic acids is 1. The van der Waals surface area contributed by atoms with Crippen molar-refractivity contribution in [3.8, 4) is 0 Å². The standard InChI is InChI=1S/C16H13N3O4S/c1-23-16(21)10-5-6-11-12(8-10)17-13(18-15(11)20)9-24-14-4-2-3-7-19(14)22/h2-8H,9H2,1H3,(H,17,18,20). The van der Waals surface area contributed by atoms with E-state index in [9.17, 15) is 14.8 Å². The van der Waals surface area contributed by atoms with Crippen LogP contribution in [0.4, 0.5) is 0 Å². The third-order valence-electron chi connectivity index (χ3n) is 3.32. The number of nitrogens with zero attached hydrogens (tertiary/aromatic N) is 2. The second-order valence-electron chi connectivity index (χ2n) is 4.89. The van der Waals surface area contributed by atoms with Crippen molar-refractivity contribution in [2.75, 3.05) is 7.11 Å². The Morgan fingerprint density at radius 2 is 2.21 bits per heavy atom. The first kappa shape index (κ1) is 16.0. The van der Waals surface area contributed by atoms with Crippen LogP contribution < -0.4 is 10.3 Å². The van der Waals surface area contributed by atoms with Gasteiger partial charge in [0.25, 0.3) is 10.6 Å². The zero-order chi connectivity index (χ0) is 17.1. The number of aromatic amines is 1. The van der Waals surface area contributed by atoms with E-state index in [4.69, 9.17) is 0 Å². The molecule has 2 heterocycles. The predicted octanol–water partition coefficient (Wildman–Crippen LogP) is 1.64. The lowest BCUT2D eigenvalue weighted by Gasteiger charge is -2.05. The van der Waals surface area contributed by atoms with E-state index < -0.39 is 5.97 Å². The van der Waals surface area contributed by atoms with Crippen LogP contribution in [0.5, 0.6) is 0 Å². The monoisotopic (exact) mass is 343 g/mol. The van der Waals surface area contributed by atoms with Crippen LogP contribution in [-0.2, 0) is 10.5 Å². The van der Waals surface area contributed by atoms with Gasteiger partial charge >= 0.3 is 5.97 Å². The molecule has 122 valence electrons. The van der Waals surface area contributed by atoms with E-state index in [1.54, 1.807) is 18.2 Å². The van der Waals surface area contributed by atoms with Gasteiger partial charge in [0.1, 0.15) is 5.82 Å². The maximum absolute atomic E-state index is 12.1. The molecule has 1 aromatic carbocycles. The molecule has 0 saturated heterocycles. The van der Waals surface area contributed by atoms with Crippen LogP contribution in [0, 0.1) is 5.21 Å². The zero-order valence-electron chi connectivity index (χ0n) is 12.7. The molecule has 0 atom stereocenters. The van der Waals surface area contributed by atoms with Crippen molar-refractivity contribution in [2.24, 2.45) is 0 Å². The Labute approximate surface area is 140 Å². The van der Waals surface area contributed by atoms with Crippen LogP contribution >= 0.6 is 11.8 Å². The third-order valence-corrected chi connectivity index (χ3v) is 4.35. The molecule has 1 N–H and O–H groups in total. The number of thioether (sulfide) groups is 1. The fourth-order valence-electron chi connectivity index (χ4n) is 2.17. The topological polar surface area (TPSA) is 99.0 Å². The van der Waals surface area contributed by atoms with Gasteiger partial charge in [-0.2, -0.15) is 4.73 Å². The molecule has 0 saturated carbocycles. The minimum absolute atomic E-state index is 0.296. The Hall–Kier alpha value is -2.87. The highest BCUT2D eigenvalue weighted by Gasteiger charge is 2.11. The number of ether oxygens (including phenoxy) is 1. The predicted molar refractivity (Wildman–Crippen MR) is 88.7 cm³/mol. The SMILES string of the molecule is COC(=O)c1ccc2c(=O)[nH]c(CSc3cccc[n+]3[O-])nc2c1. The second kappa shape index (κ2) is 6.71. The fraction of sp³-hybridized carbons (Fsp3) is 0.125. The van der Waals surface area contributed by atoms with Gasteiger partial charge < -0.3 is 14.9 Å². The van der Waals surface area contributed by atoms with Crippen LogP contribution in [0.15, 0.2) is 52.4 Å². The number of hydrogen-bond acceptors (Lipinski definition) is 6. The third kappa shape index (κ3) is 3.23.